The molecule has 7 heteroatoms. The lowest BCUT2D eigenvalue weighted by atomic mass is 10.1. The van der Waals surface area contributed by atoms with Crippen molar-refractivity contribution in [3.63, 3.8) is 0 Å². The molecule has 0 saturated heterocycles. The number of ether oxygens (including phenoxy) is 1. The summed E-state index contributed by atoms with van der Waals surface area (Å²) >= 11 is 6.24. The van der Waals surface area contributed by atoms with Gasteiger partial charge in [-0.25, -0.2) is 4.79 Å². The Morgan fingerprint density at radius 2 is 2.04 bits per heavy atom. The normalized spacial score (nSPS) is 11.2. The number of hydrogen-bond donors (Lipinski definition) is 1. The maximum atomic E-state index is 11.8. The molecule has 3 rings (SSSR count). The van der Waals surface area contributed by atoms with Gasteiger partial charge in [0.2, 0.25) is 5.89 Å². The Balaban J connectivity index is 1.95. The molecule has 0 saturated carbocycles. The minimum atomic E-state index is -0.739. The molecule has 0 spiro atoms. The van der Waals surface area contributed by atoms with Crippen LogP contribution in [0, 0.1) is 0 Å². The van der Waals surface area contributed by atoms with Crippen LogP contribution in [0.2, 0.25) is 5.02 Å². The van der Waals surface area contributed by atoms with Crippen molar-refractivity contribution in [2.75, 3.05) is 6.61 Å². The van der Waals surface area contributed by atoms with Crippen molar-refractivity contribution in [2.45, 2.75) is 32.6 Å². The van der Waals surface area contributed by atoms with Crippen molar-refractivity contribution in [2.24, 2.45) is 0 Å². The molecule has 2 aliphatic heterocycles. The number of aromatic amines is 1. The van der Waals surface area contributed by atoms with Crippen molar-refractivity contribution < 1.29 is 9.15 Å². The van der Waals surface area contributed by atoms with E-state index in [9.17, 15) is 9.59 Å². The third-order valence-electron chi connectivity index (χ3n) is 3.72. The SMILES string of the molecule is CCCCCCOc1cc2oc3nc(=O)[nH]c(=O)c-3cc2cc1Cl. The van der Waals surface area contributed by atoms with Crippen molar-refractivity contribution >= 4 is 22.6 Å². The van der Waals surface area contributed by atoms with Gasteiger partial charge in [0.1, 0.15) is 16.9 Å². The first kappa shape index (κ1) is 16.5. The lowest BCUT2D eigenvalue weighted by Crippen LogP contribution is -2.24. The van der Waals surface area contributed by atoms with Crippen LogP contribution in [0.3, 0.4) is 0 Å². The summed E-state index contributed by atoms with van der Waals surface area (Å²) in [5.41, 5.74) is -0.626. The molecule has 126 valence electrons. The number of fused-ring (bicyclic) bond motifs is 2. The van der Waals surface area contributed by atoms with Gasteiger partial charge in [0, 0.05) is 11.5 Å². The van der Waals surface area contributed by atoms with E-state index in [0.717, 1.165) is 19.3 Å². The van der Waals surface area contributed by atoms with E-state index in [1.165, 1.54) is 6.42 Å². The molecule has 24 heavy (non-hydrogen) atoms. The fraction of sp³-hybridized carbons (Fsp3) is 0.353. The van der Waals surface area contributed by atoms with Crippen LogP contribution in [0.5, 0.6) is 5.75 Å². The van der Waals surface area contributed by atoms with Crippen LogP contribution in [0.15, 0.2) is 32.2 Å². The average Bonchev–Trinajstić information content (AvgIpc) is 2.54. The van der Waals surface area contributed by atoms with Gasteiger partial charge >= 0.3 is 5.69 Å². The Morgan fingerprint density at radius 1 is 1.21 bits per heavy atom. The summed E-state index contributed by atoms with van der Waals surface area (Å²) in [4.78, 5) is 28.9. The van der Waals surface area contributed by atoms with Crippen LogP contribution in [0.1, 0.15) is 32.6 Å². The summed E-state index contributed by atoms with van der Waals surface area (Å²) in [5, 5.41) is 1.08. The lowest BCUT2D eigenvalue weighted by Gasteiger charge is -2.10. The molecule has 0 aliphatic carbocycles. The minimum Gasteiger partial charge on any atom is -0.492 e. The topological polar surface area (TPSA) is 85.2 Å². The predicted molar refractivity (Wildman–Crippen MR) is 92.2 cm³/mol. The Labute approximate surface area is 142 Å². The standard InChI is InChI=1S/C17H17ClN2O4/c1-2-3-4-5-6-23-14-9-13-10(8-12(14)18)7-11-15(21)19-17(22)20-16(11)24-13/h7-9H,2-6H2,1H3,(H,19,21,22). The maximum Gasteiger partial charge on any atom is 0.351 e. The maximum absolute atomic E-state index is 11.8. The first-order chi connectivity index (χ1) is 11.6. The summed E-state index contributed by atoms with van der Waals surface area (Å²) in [6.07, 6.45) is 4.40. The number of nitrogens with one attached hydrogen (secondary N) is 1. The molecule has 2 heterocycles. The zero-order valence-corrected chi connectivity index (χ0v) is 14.0. The van der Waals surface area contributed by atoms with Crippen molar-refractivity contribution in [3.8, 4) is 17.2 Å². The van der Waals surface area contributed by atoms with E-state index >= 15 is 0 Å². The number of halogens is 1. The molecule has 0 bridgehead atoms. The molecule has 6 nitrogen and oxygen atoms in total. The number of H-pyrrole nitrogens is 1. The van der Waals surface area contributed by atoms with E-state index in [1.807, 2.05) is 0 Å². The van der Waals surface area contributed by atoms with Crippen molar-refractivity contribution in [1.82, 2.24) is 9.97 Å². The highest BCUT2D eigenvalue weighted by Gasteiger charge is 2.15. The second kappa shape index (κ2) is 7.05. The second-order valence-electron chi connectivity index (χ2n) is 5.57. The first-order valence-corrected chi connectivity index (χ1v) is 8.26. The number of benzene rings is 1. The monoisotopic (exact) mass is 348 g/mol. The van der Waals surface area contributed by atoms with Crippen molar-refractivity contribution in [3.05, 3.63) is 44.1 Å². The second-order valence-corrected chi connectivity index (χ2v) is 5.97. The van der Waals surface area contributed by atoms with Gasteiger partial charge in [-0.15, -0.1) is 0 Å². The molecule has 0 aromatic heterocycles. The summed E-state index contributed by atoms with van der Waals surface area (Å²) in [6, 6.07) is 4.92. The first-order valence-electron chi connectivity index (χ1n) is 7.88. The van der Waals surface area contributed by atoms with E-state index in [1.54, 1.807) is 18.2 Å². The van der Waals surface area contributed by atoms with Crippen LogP contribution >= 0.6 is 11.6 Å². The minimum absolute atomic E-state index is 0.00697. The third-order valence-corrected chi connectivity index (χ3v) is 4.02. The summed E-state index contributed by atoms with van der Waals surface area (Å²) in [5.74, 6) is 0.503. The van der Waals surface area contributed by atoms with Gasteiger partial charge in [0.15, 0.2) is 0 Å². The number of hydrogen-bond acceptors (Lipinski definition) is 5. The molecule has 0 atom stereocenters. The van der Waals surface area contributed by atoms with Crippen LogP contribution in [-0.4, -0.2) is 16.6 Å². The smallest absolute Gasteiger partial charge is 0.351 e. The van der Waals surface area contributed by atoms with Gasteiger partial charge in [0.05, 0.1) is 11.6 Å². The van der Waals surface area contributed by atoms with E-state index in [0.29, 0.717) is 28.3 Å². The molecule has 1 N–H and O–H groups in total. The summed E-state index contributed by atoms with van der Waals surface area (Å²) < 4.78 is 11.3. The fourth-order valence-corrected chi connectivity index (χ4v) is 2.71. The Hall–Kier alpha value is -2.34. The molecule has 0 radical (unpaired) electrons. The van der Waals surface area contributed by atoms with Gasteiger partial charge < -0.3 is 9.15 Å². The molecule has 2 aliphatic rings. The molecule has 0 fully saturated rings. The quantitative estimate of drug-likeness (QED) is 0.543. The van der Waals surface area contributed by atoms with Gasteiger partial charge in [-0.1, -0.05) is 37.8 Å². The molecular weight excluding hydrogens is 332 g/mol. The van der Waals surface area contributed by atoms with Gasteiger partial charge in [-0.2, -0.15) is 4.98 Å². The van der Waals surface area contributed by atoms with Gasteiger partial charge in [-0.3, -0.25) is 9.78 Å². The Kier molecular flexibility index (Phi) is 4.85. The van der Waals surface area contributed by atoms with Crippen LogP contribution in [0.25, 0.3) is 22.4 Å². The summed E-state index contributed by atoms with van der Waals surface area (Å²) in [7, 11) is 0. The zero-order chi connectivity index (χ0) is 17.1. The van der Waals surface area contributed by atoms with Crippen LogP contribution in [-0.2, 0) is 0 Å². The van der Waals surface area contributed by atoms with Crippen LogP contribution in [0.4, 0.5) is 0 Å². The Bertz CT molecular complexity index is 948. The number of nitrogens with zero attached hydrogens (tertiary/aromatic N) is 1. The zero-order valence-electron chi connectivity index (χ0n) is 13.2. The number of aromatic nitrogens is 2. The fourth-order valence-electron chi connectivity index (χ4n) is 2.48. The van der Waals surface area contributed by atoms with E-state index in [2.05, 4.69) is 16.9 Å². The lowest BCUT2D eigenvalue weighted by molar-refractivity contribution is 0.305. The highest BCUT2D eigenvalue weighted by Crippen LogP contribution is 2.33. The number of rotatable bonds is 6. The van der Waals surface area contributed by atoms with E-state index < -0.39 is 11.2 Å². The molecule has 0 unspecified atom stereocenters. The van der Waals surface area contributed by atoms with Crippen LogP contribution < -0.4 is 16.0 Å². The Morgan fingerprint density at radius 3 is 2.83 bits per heavy atom. The average molecular weight is 349 g/mol. The number of unbranched alkanes of at least 4 members (excludes halogenated alkanes) is 3. The summed E-state index contributed by atoms with van der Waals surface area (Å²) in [6.45, 7) is 2.72. The van der Waals surface area contributed by atoms with E-state index in [4.69, 9.17) is 20.8 Å². The van der Waals surface area contributed by atoms with Gasteiger partial charge in [-0.05, 0) is 18.6 Å². The molecule has 1 aromatic rings. The predicted octanol–water partition coefficient (Wildman–Crippen LogP) is 3.59. The van der Waals surface area contributed by atoms with E-state index in [-0.39, 0.29) is 11.5 Å². The highest BCUT2D eigenvalue weighted by molar-refractivity contribution is 6.32. The van der Waals surface area contributed by atoms with Crippen molar-refractivity contribution in [1.29, 1.82) is 0 Å². The molecule has 0 amide bonds. The molecule has 1 aromatic carbocycles. The highest BCUT2D eigenvalue weighted by atomic mass is 35.5. The largest absolute Gasteiger partial charge is 0.492 e. The third kappa shape index (κ3) is 3.43. The van der Waals surface area contributed by atoms with Gasteiger partial charge in [0.25, 0.3) is 5.56 Å². The molecular formula is C17H17ClN2O4.